The first kappa shape index (κ1) is 13.8. The second-order valence-corrected chi connectivity index (χ2v) is 4.20. The number of methoxy groups -OCH3 is 2. The molecule has 2 aromatic carbocycles. The summed E-state index contributed by atoms with van der Waals surface area (Å²) >= 11 is 0. The molecule has 0 aliphatic heterocycles. The van der Waals surface area contributed by atoms with Gasteiger partial charge in [0.15, 0.2) is 0 Å². The third-order valence-electron chi connectivity index (χ3n) is 2.97. The van der Waals surface area contributed by atoms with E-state index in [4.69, 9.17) is 14.7 Å². The highest BCUT2D eigenvalue weighted by Gasteiger charge is 2.05. The molecule has 0 fully saturated rings. The SMILES string of the molecule is COc1ccc(CNc2ccccc2OC)cc1C#N. The maximum atomic E-state index is 9.07. The van der Waals surface area contributed by atoms with Gasteiger partial charge in [-0.2, -0.15) is 5.26 Å². The van der Waals surface area contributed by atoms with Crippen molar-refractivity contribution in [2.75, 3.05) is 19.5 Å². The van der Waals surface area contributed by atoms with Crippen molar-refractivity contribution >= 4 is 5.69 Å². The van der Waals surface area contributed by atoms with E-state index >= 15 is 0 Å². The molecule has 0 radical (unpaired) electrons. The monoisotopic (exact) mass is 268 g/mol. The highest BCUT2D eigenvalue weighted by atomic mass is 16.5. The second-order valence-electron chi connectivity index (χ2n) is 4.20. The first-order valence-corrected chi connectivity index (χ1v) is 6.22. The molecule has 0 bridgehead atoms. The number of anilines is 1. The minimum absolute atomic E-state index is 0.534. The minimum Gasteiger partial charge on any atom is -0.495 e. The summed E-state index contributed by atoms with van der Waals surface area (Å²) in [6, 6.07) is 15.4. The normalized spacial score (nSPS) is 9.65. The molecule has 2 rings (SSSR count). The van der Waals surface area contributed by atoms with Gasteiger partial charge in [-0.25, -0.2) is 0 Å². The number of ether oxygens (including phenoxy) is 2. The first-order valence-electron chi connectivity index (χ1n) is 6.22. The Bertz CT molecular complexity index is 633. The quantitative estimate of drug-likeness (QED) is 0.904. The summed E-state index contributed by atoms with van der Waals surface area (Å²) in [4.78, 5) is 0. The highest BCUT2D eigenvalue weighted by molar-refractivity contribution is 5.56. The standard InChI is InChI=1S/C16H16N2O2/c1-19-15-8-7-12(9-13(15)10-17)11-18-14-5-3-4-6-16(14)20-2/h3-9,18H,11H2,1-2H3. The van der Waals surface area contributed by atoms with Crippen molar-refractivity contribution in [1.29, 1.82) is 5.26 Å². The van der Waals surface area contributed by atoms with Crippen molar-refractivity contribution in [1.82, 2.24) is 0 Å². The van der Waals surface area contributed by atoms with Crippen LogP contribution < -0.4 is 14.8 Å². The highest BCUT2D eigenvalue weighted by Crippen LogP contribution is 2.24. The average Bonchev–Trinajstić information content (AvgIpc) is 2.52. The zero-order chi connectivity index (χ0) is 14.4. The molecule has 1 N–H and O–H groups in total. The molecular weight excluding hydrogens is 252 g/mol. The van der Waals surface area contributed by atoms with Crippen LogP contribution in [0.3, 0.4) is 0 Å². The number of para-hydroxylation sites is 2. The molecule has 0 unspecified atom stereocenters. The molecule has 0 atom stereocenters. The van der Waals surface area contributed by atoms with Crippen LogP contribution in [0, 0.1) is 11.3 Å². The van der Waals surface area contributed by atoms with Gasteiger partial charge in [0.25, 0.3) is 0 Å². The third-order valence-corrected chi connectivity index (χ3v) is 2.97. The number of nitrogens with one attached hydrogen (secondary N) is 1. The second kappa shape index (κ2) is 6.48. The first-order chi connectivity index (χ1) is 9.78. The lowest BCUT2D eigenvalue weighted by Gasteiger charge is -2.11. The largest absolute Gasteiger partial charge is 0.495 e. The summed E-state index contributed by atoms with van der Waals surface area (Å²) in [6.45, 7) is 0.610. The molecule has 0 spiro atoms. The van der Waals surface area contributed by atoms with E-state index in [1.807, 2.05) is 36.4 Å². The van der Waals surface area contributed by atoms with Gasteiger partial charge < -0.3 is 14.8 Å². The van der Waals surface area contributed by atoms with Crippen LogP contribution >= 0.6 is 0 Å². The Morgan fingerprint density at radius 1 is 1.05 bits per heavy atom. The third kappa shape index (κ3) is 3.01. The average molecular weight is 268 g/mol. The molecule has 102 valence electrons. The van der Waals surface area contributed by atoms with Crippen LogP contribution in [0.1, 0.15) is 11.1 Å². The van der Waals surface area contributed by atoms with Gasteiger partial charge in [-0.3, -0.25) is 0 Å². The number of nitriles is 1. The van der Waals surface area contributed by atoms with Gasteiger partial charge in [0, 0.05) is 6.54 Å². The summed E-state index contributed by atoms with van der Waals surface area (Å²) in [7, 11) is 3.20. The van der Waals surface area contributed by atoms with Crippen LogP contribution in [-0.2, 0) is 6.54 Å². The predicted octanol–water partition coefficient (Wildman–Crippen LogP) is 3.19. The predicted molar refractivity (Wildman–Crippen MR) is 78.0 cm³/mol. The number of benzene rings is 2. The van der Waals surface area contributed by atoms with Gasteiger partial charge in [0.05, 0.1) is 25.5 Å². The van der Waals surface area contributed by atoms with Crippen molar-refractivity contribution in [2.24, 2.45) is 0 Å². The zero-order valence-electron chi connectivity index (χ0n) is 11.5. The van der Waals surface area contributed by atoms with Crippen LogP contribution in [0.4, 0.5) is 5.69 Å². The number of hydrogen-bond acceptors (Lipinski definition) is 4. The van der Waals surface area contributed by atoms with E-state index in [1.165, 1.54) is 0 Å². The molecular formula is C16H16N2O2. The van der Waals surface area contributed by atoms with Gasteiger partial charge >= 0.3 is 0 Å². The van der Waals surface area contributed by atoms with Crippen LogP contribution in [0.15, 0.2) is 42.5 Å². The molecule has 2 aromatic rings. The fourth-order valence-electron chi connectivity index (χ4n) is 1.94. The summed E-state index contributed by atoms with van der Waals surface area (Å²) in [5.41, 5.74) is 2.46. The summed E-state index contributed by atoms with van der Waals surface area (Å²) in [5.74, 6) is 1.38. The molecule has 0 amide bonds. The topological polar surface area (TPSA) is 54.3 Å². The van der Waals surface area contributed by atoms with Crippen molar-refractivity contribution in [2.45, 2.75) is 6.54 Å². The maximum absolute atomic E-state index is 9.07. The van der Waals surface area contributed by atoms with Crippen LogP contribution in [0.2, 0.25) is 0 Å². The number of hydrogen-bond donors (Lipinski definition) is 1. The van der Waals surface area contributed by atoms with Gasteiger partial charge in [-0.15, -0.1) is 0 Å². The molecule has 20 heavy (non-hydrogen) atoms. The lowest BCUT2D eigenvalue weighted by Crippen LogP contribution is -2.02. The summed E-state index contributed by atoms with van der Waals surface area (Å²) in [6.07, 6.45) is 0. The van der Waals surface area contributed by atoms with Gasteiger partial charge in [0.1, 0.15) is 17.6 Å². The van der Waals surface area contributed by atoms with Gasteiger partial charge in [-0.1, -0.05) is 18.2 Å². The number of rotatable bonds is 5. The molecule has 0 aromatic heterocycles. The fraction of sp³-hybridized carbons (Fsp3) is 0.188. The van der Waals surface area contributed by atoms with E-state index in [0.29, 0.717) is 17.9 Å². The lowest BCUT2D eigenvalue weighted by molar-refractivity contribution is 0.413. The van der Waals surface area contributed by atoms with E-state index in [2.05, 4.69) is 11.4 Å². The summed E-state index contributed by atoms with van der Waals surface area (Å²) in [5, 5.41) is 12.4. The van der Waals surface area contributed by atoms with E-state index in [1.54, 1.807) is 20.3 Å². The number of nitrogens with zero attached hydrogens (tertiary/aromatic N) is 1. The minimum atomic E-state index is 0.534. The molecule has 0 saturated heterocycles. The van der Waals surface area contributed by atoms with Gasteiger partial charge in [-0.05, 0) is 29.8 Å². The van der Waals surface area contributed by atoms with Crippen molar-refractivity contribution in [3.8, 4) is 17.6 Å². The molecule has 0 aliphatic carbocycles. The molecule has 0 heterocycles. The Balaban J connectivity index is 2.13. The molecule has 0 saturated carbocycles. The van der Waals surface area contributed by atoms with E-state index < -0.39 is 0 Å². The molecule has 4 heteroatoms. The fourth-order valence-corrected chi connectivity index (χ4v) is 1.94. The Labute approximate surface area is 118 Å². The Morgan fingerprint density at radius 3 is 2.50 bits per heavy atom. The van der Waals surface area contributed by atoms with Crippen molar-refractivity contribution < 1.29 is 9.47 Å². The van der Waals surface area contributed by atoms with Crippen LogP contribution in [0.5, 0.6) is 11.5 Å². The molecule has 4 nitrogen and oxygen atoms in total. The zero-order valence-corrected chi connectivity index (χ0v) is 11.5. The smallest absolute Gasteiger partial charge is 0.141 e. The Hall–Kier alpha value is -2.67. The van der Waals surface area contributed by atoms with E-state index in [-0.39, 0.29) is 0 Å². The van der Waals surface area contributed by atoms with Crippen molar-refractivity contribution in [3.05, 3.63) is 53.6 Å². The van der Waals surface area contributed by atoms with Crippen LogP contribution in [-0.4, -0.2) is 14.2 Å². The van der Waals surface area contributed by atoms with E-state index in [0.717, 1.165) is 17.0 Å². The van der Waals surface area contributed by atoms with E-state index in [9.17, 15) is 0 Å². The lowest BCUT2D eigenvalue weighted by atomic mass is 10.1. The Kier molecular flexibility index (Phi) is 4.46. The van der Waals surface area contributed by atoms with Crippen LogP contribution in [0.25, 0.3) is 0 Å². The maximum Gasteiger partial charge on any atom is 0.141 e. The van der Waals surface area contributed by atoms with Crippen molar-refractivity contribution in [3.63, 3.8) is 0 Å². The van der Waals surface area contributed by atoms with Gasteiger partial charge in [0.2, 0.25) is 0 Å². The molecule has 0 aliphatic rings. The summed E-state index contributed by atoms with van der Waals surface area (Å²) < 4.78 is 10.4. The Morgan fingerprint density at radius 2 is 1.80 bits per heavy atom.